The third-order valence-corrected chi connectivity index (χ3v) is 4.27. The van der Waals surface area contributed by atoms with E-state index in [0.717, 1.165) is 22.4 Å². The summed E-state index contributed by atoms with van der Waals surface area (Å²) in [5.74, 6) is 0.836. The summed E-state index contributed by atoms with van der Waals surface area (Å²) in [6, 6.07) is 28.9. The van der Waals surface area contributed by atoms with E-state index < -0.39 is 5.60 Å². The van der Waals surface area contributed by atoms with E-state index in [1.807, 2.05) is 24.3 Å². The quantitative estimate of drug-likeness (QED) is 0.562. The Kier molecular flexibility index (Phi) is 5.20. The molecule has 2 heteroatoms. The normalized spacial score (nSPS) is 11.5. The second-order valence-electron chi connectivity index (χ2n) is 6.31. The van der Waals surface area contributed by atoms with Crippen LogP contribution in [0.1, 0.15) is 30.5 Å². The van der Waals surface area contributed by atoms with Crippen LogP contribution in [0.25, 0.3) is 0 Å². The van der Waals surface area contributed by atoms with Crippen LogP contribution in [0.4, 0.5) is 0 Å². The van der Waals surface area contributed by atoms with Crippen molar-refractivity contribution in [2.75, 3.05) is 7.11 Å². The Morgan fingerprint density at radius 2 is 1.08 bits per heavy atom. The van der Waals surface area contributed by atoms with Gasteiger partial charge in [0, 0.05) is 0 Å². The van der Waals surface area contributed by atoms with Crippen LogP contribution in [0.2, 0.25) is 0 Å². The number of ether oxygens (including phenoxy) is 2. The molecule has 2 nitrogen and oxygen atoms in total. The SMILES string of the molecule is COc1ccc(C(OC(C)C)(c2ccccc2)c2ccccc2)cc1. The number of hydrogen-bond donors (Lipinski definition) is 0. The number of rotatable bonds is 6. The fraction of sp³-hybridized carbons (Fsp3) is 0.217. The van der Waals surface area contributed by atoms with Gasteiger partial charge in [-0.05, 0) is 42.7 Å². The predicted molar refractivity (Wildman–Crippen MR) is 102 cm³/mol. The van der Waals surface area contributed by atoms with Gasteiger partial charge in [-0.1, -0.05) is 72.8 Å². The third-order valence-electron chi connectivity index (χ3n) is 4.27. The van der Waals surface area contributed by atoms with Gasteiger partial charge in [-0.15, -0.1) is 0 Å². The van der Waals surface area contributed by atoms with Gasteiger partial charge in [-0.3, -0.25) is 0 Å². The monoisotopic (exact) mass is 332 g/mol. The van der Waals surface area contributed by atoms with Crippen LogP contribution in [0, 0.1) is 0 Å². The summed E-state index contributed by atoms with van der Waals surface area (Å²) < 4.78 is 12.0. The highest BCUT2D eigenvalue weighted by Gasteiger charge is 2.38. The zero-order valence-electron chi connectivity index (χ0n) is 15.0. The first-order chi connectivity index (χ1) is 12.2. The first-order valence-electron chi connectivity index (χ1n) is 8.60. The molecule has 128 valence electrons. The first-order valence-corrected chi connectivity index (χ1v) is 8.60. The van der Waals surface area contributed by atoms with Gasteiger partial charge in [0.1, 0.15) is 11.4 Å². The molecular weight excluding hydrogens is 308 g/mol. The van der Waals surface area contributed by atoms with Gasteiger partial charge in [0.2, 0.25) is 0 Å². The molecule has 0 aromatic heterocycles. The minimum atomic E-state index is -0.664. The molecule has 0 bridgehead atoms. The average Bonchev–Trinajstić information content (AvgIpc) is 2.67. The molecule has 0 unspecified atom stereocenters. The van der Waals surface area contributed by atoms with Gasteiger partial charge in [-0.2, -0.15) is 0 Å². The summed E-state index contributed by atoms with van der Waals surface area (Å²) in [6.07, 6.45) is 0.0579. The highest BCUT2D eigenvalue weighted by atomic mass is 16.5. The van der Waals surface area contributed by atoms with E-state index in [2.05, 4.69) is 74.5 Å². The van der Waals surface area contributed by atoms with Crippen LogP contribution >= 0.6 is 0 Å². The average molecular weight is 332 g/mol. The van der Waals surface area contributed by atoms with Crippen LogP contribution < -0.4 is 4.74 Å². The van der Waals surface area contributed by atoms with Crippen molar-refractivity contribution in [3.8, 4) is 5.75 Å². The van der Waals surface area contributed by atoms with Crippen LogP contribution in [-0.2, 0) is 10.3 Å². The predicted octanol–water partition coefficient (Wildman–Crippen LogP) is 5.41. The van der Waals surface area contributed by atoms with E-state index in [0.29, 0.717) is 0 Å². The highest BCUT2D eigenvalue weighted by Crippen LogP contribution is 2.41. The van der Waals surface area contributed by atoms with Gasteiger partial charge in [0.25, 0.3) is 0 Å². The highest BCUT2D eigenvalue weighted by molar-refractivity contribution is 5.48. The van der Waals surface area contributed by atoms with Crippen LogP contribution in [0.15, 0.2) is 84.9 Å². The van der Waals surface area contributed by atoms with Crippen LogP contribution in [0.5, 0.6) is 5.75 Å². The lowest BCUT2D eigenvalue weighted by Gasteiger charge is -2.37. The maximum Gasteiger partial charge on any atom is 0.144 e. The molecule has 0 heterocycles. The second kappa shape index (κ2) is 7.54. The molecule has 0 saturated carbocycles. The Labute approximate surface area is 150 Å². The van der Waals surface area contributed by atoms with Crippen molar-refractivity contribution in [2.45, 2.75) is 25.6 Å². The summed E-state index contributed by atoms with van der Waals surface area (Å²) in [5, 5.41) is 0. The third kappa shape index (κ3) is 3.45. The molecule has 0 fully saturated rings. The Bertz CT molecular complexity index is 738. The molecule has 0 aliphatic rings. The number of benzene rings is 3. The van der Waals surface area contributed by atoms with Gasteiger partial charge in [0.05, 0.1) is 13.2 Å². The Hall–Kier alpha value is -2.58. The van der Waals surface area contributed by atoms with Crippen molar-refractivity contribution in [3.05, 3.63) is 102 Å². The summed E-state index contributed by atoms with van der Waals surface area (Å²) in [5.41, 5.74) is 2.64. The molecule has 3 aromatic carbocycles. The first kappa shape index (κ1) is 17.2. The maximum absolute atomic E-state index is 6.63. The van der Waals surface area contributed by atoms with Gasteiger partial charge in [0.15, 0.2) is 0 Å². The summed E-state index contributed by atoms with van der Waals surface area (Å²) in [6.45, 7) is 4.15. The van der Waals surface area contributed by atoms with Gasteiger partial charge in [-0.25, -0.2) is 0 Å². The summed E-state index contributed by atoms with van der Waals surface area (Å²) in [4.78, 5) is 0. The van der Waals surface area contributed by atoms with Crippen molar-refractivity contribution in [3.63, 3.8) is 0 Å². The Morgan fingerprint density at radius 1 is 0.640 bits per heavy atom. The minimum Gasteiger partial charge on any atom is -0.497 e. The van der Waals surface area contributed by atoms with Crippen molar-refractivity contribution in [2.24, 2.45) is 0 Å². The molecule has 0 amide bonds. The minimum absolute atomic E-state index is 0.0579. The molecule has 3 aromatic rings. The van der Waals surface area contributed by atoms with E-state index in [4.69, 9.17) is 9.47 Å². The molecule has 0 spiro atoms. The maximum atomic E-state index is 6.63. The lowest BCUT2D eigenvalue weighted by molar-refractivity contribution is -0.0293. The molecule has 0 aliphatic carbocycles. The van der Waals surface area contributed by atoms with Crippen molar-refractivity contribution in [1.82, 2.24) is 0 Å². The zero-order valence-corrected chi connectivity index (χ0v) is 15.0. The van der Waals surface area contributed by atoms with Crippen molar-refractivity contribution in [1.29, 1.82) is 0 Å². The van der Waals surface area contributed by atoms with Crippen LogP contribution in [0.3, 0.4) is 0 Å². The largest absolute Gasteiger partial charge is 0.497 e. The smallest absolute Gasteiger partial charge is 0.144 e. The molecule has 0 saturated heterocycles. The molecule has 25 heavy (non-hydrogen) atoms. The summed E-state index contributed by atoms with van der Waals surface area (Å²) >= 11 is 0. The Morgan fingerprint density at radius 3 is 1.48 bits per heavy atom. The fourth-order valence-corrected chi connectivity index (χ4v) is 3.23. The molecular formula is C23H24O2. The van der Waals surface area contributed by atoms with Crippen molar-refractivity contribution < 1.29 is 9.47 Å². The molecule has 3 rings (SSSR count). The molecule has 0 N–H and O–H groups in total. The topological polar surface area (TPSA) is 18.5 Å². The Balaban J connectivity index is 2.27. The lowest BCUT2D eigenvalue weighted by Crippen LogP contribution is -2.35. The van der Waals surface area contributed by atoms with Crippen LogP contribution in [-0.4, -0.2) is 13.2 Å². The van der Waals surface area contributed by atoms with Gasteiger partial charge < -0.3 is 9.47 Å². The molecule has 0 radical (unpaired) electrons. The number of methoxy groups -OCH3 is 1. The van der Waals surface area contributed by atoms with Gasteiger partial charge >= 0.3 is 0 Å². The fourth-order valence-electron chi connectivity index (χ4n) is 3.23. The van der Waals surface area contributed by atoms with E-state index in [1.54, 1.807) is 7.11 Å². The van der Waals surface area contributed by atoms with E-state index in [-0.39, 0.29) is 6.10 Å². The standard InChI is InChI=1S/C23H24O2/c1-18(2)25-23(19-10-6-4-7-11-19,20-12-8-5-9-13-20)21-14-16-22(24-3)17-15-21/h4-18H,1-3H3. The molecule has 0 atom stereocenters. The number of hydrogen-bond acceptors (Lipinski definition) is 2. The van der Waals surface area contributed by atoms with Crippen molar-refractivity contribution >= 4 is 0 Å². The summed E-state index contributed by atoms with van der Waals surface area (Å²) in [7, 11) is 1.68. The second-order valence-corrected chi connectivity index (χ2v) is 6.31. The van der Waals surface area contributed by atoms with E-state index in [1.165, 1.54) is 0 Å². The lowest BCUT2D eigenvalue weighted by atomic mass is 9.80. The zero-order chi connectivity index (χ0) is 17.7. The van der Waals surface area contributed by atoms with E-state index >= 15 is 0 Å². The van der Waals surface area contributed by atoms with E-state index in [9.17, 15) is 0 Å². The molecule has 0 aliphatic heterocycles.